The molecule has 0 saturated heterocycles. The number of aromatic nitrogens is 1. The second-order valence-corrected chi connectivity index (χ2v) is 6.00. The molecule has 1 aromatic rings. The lowest BCUT2D eigenvalue weighted by Gasteiger charge is -2.00. The molecule has 74 valence electrons. The van der Waals surface area contributed by atoms with Crippen molar-refractivity contribution >= 4 is 27.3 Å². The molecule has 1 heterocycles. The highest BCUT2D eigenvalue weighted by molar-refractivity contribution is 9.11. The Hall–Kier alpha value is 0.0700. The second kappa shape index (κ2) is 4.53. The monoisotopic (exact) mass is 262 g/mol. The maximum atomic E-state index is 5.71. The minimum atomic E-state index is 0.193. The van der Waals surface area contributed by atoms with Gasteiger partial charge in [-0.2, -0.15) is 0 Å². The number of hydrogen-bond donors (Lipinski definition) is 1. The number of rotatable bonds is 3. The number of halogens is 1. The van der Waals surface area contributed by atoms with Crippen molar-refractivity contribution in [2.45, 2.75) is 39.2 Å². The Morgan fingerprint density at radius 2 is 2.08 bits per heavy atom. The van der Waals surface area contributed by atoms with Gasteiger partial charge < -0.3 is 5.73 Å². The molecule has 0 aliphatic heterocycles. The summed E-state index contributed by atoms with van der Waals surface area (Å²) in [5, 5.41) is 1.13. The average molecular weight is 263 g/mol. The van der Waals surface area contributed by atoms with Crippen LogP contribution in [0.2, 0.25) is 0 Å². The van der Waals surface area contributed by atoms with Crippen LogP contribution in [0, 0.1) is 0 Å². The third kappa shape index (κ3) is 3.04. The molecule has 0 spiro atoms. The standard InChI is InChI=1S/C9H15BrN2S/c1-5(2)8-9(10)13-7(12-8)4-6(3)11/h5-6H,4,11H2,1-3H3. The van der Waals surface area contributed by atoms with Crippen LogP contribution in [0.3, 0.4) is 0 Å². The van der Waals surface area contributed by atoms with Gasteiger partial charge in [0.15, 0.2) is 0 Å². The first kappa shape index (κ1) is 11.1. The van der Waals surface area contributed by atoms with Crippen LogP contribution in [0.15, 0.2) is 3.79 Å². The molecule has 2 nitrogen and oxygen atoms in total. The van der Waals surface area contributed by atoms with E-state index in [1.54, 1.807) is 11.3 Å². The molecule has 4 heteroatoms. The second-order valence-electron chi connectivity index (χ2n) is 3.60. The predicted molar refractivity (Wildman–Crippen MR) is 61.3 cm³/mol. The Morgan fingerprint density at radius 1 is 1.46 bits per heavy atom. The fourth-order valence-corrected chi connectivity index (χ4v) is 3.27. The quantitative estimate of drug-likeness (QED) is 0.910. The maximum Gasteiger partial charge on any atom is 0.0955 e. The van der Waals surface area contributed by atoms with E-state index < -0.39 is 0 Å². The molecule has 2 N–H and O–H groups in total. The smallest absolute Gasteiger partial charge is 0.0955 e. The van der Waals surface area contributed by atoms with E-state index in [-0.39, 0.29) is 6.04 Å². The van der Waals surface area contributed by atoms with E-state index in [1.807, 2.05) is 6.92 Å². The first-order chi connectivity index (χ1) is 6.00. The van der Waals surface area contributed by atoms with Gasteiger partial charge >= 0.3 is 0 Å². The molecule has 0 bridgehead atoms. The fourth-order valence-electron chi connectivity index (χ4n) is 1.08. The first-order valence-corrected chi connectivity index (χ1v) is 6.02. The Kier molecular flexibility index (Phi) is 3.88. The summed E-state index contributed by atoms with van der Waals surface area (Å²) in [7, 11) is 0. The zero-order valence-corrected chi connectivity index (χ0v) is 10.6. The Bertz CT molecular complexity index is 281. The molecule has 1 atom stereocenters. The molecule has 1 rings (SSSR count). The van der Waals surface area contributed by atoms with Gasteiger partial charge in [-0.15, -0.1) is 11.3 Å². The molecule has 0 aliphatic rings. The maximum absolute atomic E-state index is 5.71. The van der Waals surface area contributed by atoms with Crippen LogP contribution in [-0.2, 0) is 6.42 Å². The summed E-state index contributed by atoms with van der Waals surface area (Å²) in [6, 6.07) is 0.193. The number of nitrogens with two attached hydrogens (primary N) is 1. The molecule has 1 unspecified atom stereocenters. The highest BCUT2D eigenvalue weighted by atomic mass is 79.9. The molecule has 0 saturated carbocycles. The summed E-state index contributed by atoms with van der Waals surface area (Å²) in [4.78, 5) is 4.54. The molecule has 1 aromatic heterocycles. The van der Waals surface area contributed by atoms with Gasteiger partial charge in [0.2, 0.25) is 0 Å². The van der Waals surface area contributed by atoms with Crippen LogP contribution in [0.1, 0.15) is 37.4 Å². The van der Waals surface area contributed by atoms with Gasteiger partial charge in [-0.1, -0.05) is 13.8 Å². The third-order valence-corrected chi connectivity index (χ3v) is 3.47. The minimum Gasteiger partial charge on any atom is -0.328 e. The van der Waals surface area contributed by atoms with Crippen LogP contribution >= 0.6 is 27.3 Å². The van der Waals surface area contributed by atoms with Gasteiger partial charge in [-0.25, -0.2) is 4.98 Å². The lowest BCUT2D eigenvalue weighted by atomic mass is 10.2. The van der Waals surface area contributed by atoms with Crippen LogP contribution < -0.4 is 5.73 Å². The number of thiazole rings is 1. The van der Waals surface area contributed by atoms with Gasteiger partial charge in [0.25, 0.3) is 0 Å². The van der Waals surface area contributed by atoms with Crippen LogP contribution in [-0.4, -0.2) is 11.0 Å². The van der Waals surface area contributed by atoms with E-state index in [1.165, 1.54) is 0 Å². The zero-order chi connectivity index (χ0) is 10.0. The lowest BCUT2D eigenvalue weighted by Crippen LogP contribution is -2.17. The minimum absolute atomic E-state index is 0.193. The third-order valence-electron chi connectivity index (χ3n) is 1.70. The lowest BCUT2D eigenvalue weighted by molar-refractivity contribution is 0.724. The van der Waals surface area contributed by atoms with Crippen LogP contribution in [0.4, 0.5) is 0 Å². The topological polar surface area (TPSA) is 38.9 Å². The largest absolute Gasteiger partial charge is 0.328 e. The van der Waals surface area contributed by atoms with E-state index in [0.29, 0.717) is 5.92 Å². The van der Waals surface area contributed by atoms with Crippen molar-refractivity contribution in [3.8, 4) is 0 Å². The van der Waals surface area contributed by atoms with Gasteiger partial charge in [0, 0.05) is 12.5 Å². The van der Waals surface area contributed by atoms with Crippen molar-refractivity contribution in [1.29, 1.82) is 0 Å². The summed E-state index contributed by atoms with van der Waals surface area (Å²) in [6.07, 6.45) is 0.871. The van der Waals surface area contributed by atoms with Crippen molar-refractivity contribution in [2.75, 3.05) is 0 Å². The SMILES string of the molecule is CC(N)Cc1nc(C(C)C)c(Br)s1. The molecule has 13 heavy (non-hydrogen) atoms. The van der Waals surface area contributed by atoms with E-state index >= 15 is 0 Å². The predicted octanol–water partition coefficient (Wildman–Crippen LogP) is 2.92. The normalized spacial score (nSPS) is 13.7. The Labute approximate surface area is 91.7 Å². The van der Waals surface area contributed by atoms with Crippen molar-refractivity contribution < 1.29 is 0 Å². The van der Waals surface area contributed by atoms with E-state index in [9.17, 15) is 0 Å². The summed E-state index contributed by atoms with van der Waals surface area (Å²) in [5.41, 5.74) is 6.86. The Morgan fingerprint density at radius 3 is 2.46 bits per heavy atom. The van der Waals surface area contributed by atoms with E-state index in [4.69, 9.17) is 5.73 Å². The van der Waals surface area contributed by atoms with Crippen molar-refractivity contribution in [2.24, 2.45) is 5.73 Å². The van der Waals surface area contributed by atoms with Gasteiger partial charge in [-0.3, -0.25) is 0 Å². The van der Waals surface area contributed by atoms with Crippen LogP contribution in [0.5, 0.6) is 0 Å². The average Bonchev–Trinajstić information content (AvgIpc) is 2.29. The van der Waals surface area contributed by atoms with Crippen molar-refractivity contribution in [3.63, 3.8) is 0 Å². The summed E-state index contributed by atoms with van der Waals surface area (Å²) in [5.74, 6) is 0.479. The zero-order valence-electron chi connectivity index (χ0n) is 8.17. The summed E-state index contributed by atoms with van der Waals surface area (Å²) >= 11 is 5.22. The summed E-state index contributed by atoms with van der Waals surface area (Å²) < 4.78 is 1.15. The molecule has 0 aromatic carbocycles. The van der Waals surface area contributed by atoms with E-state index in [2.05, 4.69) is 34.8 Å². The summed E-state index contributed by atoms with van der Waals surface area (Å²) in [6.45, 7) is 6.30. The molecule has 0 amide bonds. The molecule has 0 fully saturated rings. The number of hydrogen-bond acceptors (Lipinski definition) is 3. The fraction of sp³-hybridized carbons (Fsp3) is 0.667. The van der Waals surface area contributed by atoms with Gasteiger partial charge in [0.1, 0.15) is 0 Å². The molecular weight excluding hydrogens is 248 g/mol. The first-order valence-electron chi connectivity index (χ1n) is 4.41. The van der Waals surface area contributed by atoms with Gasteiger partial charge in [0.05, 0.1) is 14.5 Å². The highest BCUT2D eigenvalue weighted by Gasteiger charge is 2.12. The molecule has 0 radical (unpaired) electrons. The van der Waals surface area contributed by atoms with Crippen LogP contribution in [0.25, 0.3) is 0 Å². The van der Waals surface area contributed by atoms with E-state index in [0.717, 1.165) is 20.9 Å². The molecule has 0 aliphatic carbocycles. The van der Waals surface area contributed by atoms with Crippen molar-refractivity contribution in [3.05, 3.63) is 14.5 Å². The number of nitrogens with zero attached hydrogens (tertiary/aromatic N) is 1. The Balaban J connectivity index is 2.82. The highest BCUT2D eigenvalue weighted by Crippen LogP contribution is 2.30. The van der Waals surface area contributed by atoms with Crippen molar-refractivity contribution in [1.82, 2.24) is 4.98 Å². The van der Waals surface area contributed by atoms with Gasteiger partial charge in [-0.05, 0) is 28.8 Å². The molecular formula is C9H15BrN2S.